The Morgan fingerprint density at radius 1 is 1.26 bits per heavy atom. The van der Waals surface area contributed by atoms with E-state index in [0.717, 1.165) is 6.07 Å². The summed E-state index contributed by atoms with van der Waals surface area (Å²) in [4.78, 5) is 0. The van der Waals surface area contributed by atoms with Crippen LogP contribution in [0.5, 0.6) is 5.75 Å². The molecular weight excluding hydrogens is 304 g/mol. The van der Waals surface area contributed by atoms with Crippen LogP contribution in [-0.4, -0.2) is 17.9 Å². The zero-order valence-electron chi connectivity index (χ0n) is 10.3. The molecule has 1 atom stereocenters. The van der Waals surface area contributed by atoms with Crippen LogP contribution >= 0.6 is 23.2 Å². The molecule has 0 aliphatic heterocycles. The molecule has 0 bridgehead atoms. The first-order valence-electron chi connectivity index (χ1n) is 5.52. The fourth-order valence-electron chi connectivity index (χ4n) is 1.43. The van der Waals surface area contributed by atoms with Crippen LogP contribution in [0.25, 0.3) is 0 Å². The smallest absolute Gasteiger partial charge is 0.421 e. The fourth-order valence-corrected chi connectivity index (χ4v) is 1.97. The van der Waals surface area contributed by atoms with Crippen molar-refractivity contribution in [2.75, 3.05) is 6.61 Å². The summed E-state index contributed by atoms with van der Waals surface area (Å²) in [5, 5.41) is 9.65. The normalized spacial score (nSPS) is 15.2. The summed E-state index contributed by atoms with van der Waals surface area (Å²) in [5.41, 5.74) is -3.59. The van der Waals surface area contributed by atoms with E-state index < -0.39 is 17.3 Å². The number of alkyl halides is 3. The Balaban J connectivity index is 3.40. The first-order valence-corrected chi connectivity index (χ1v) is 6.28. The van der Waals surface area contributed by atoms with Crippen LogP contribution < -0.4 is 4.74 Å². The first-order chi connectivity index (χ1) is 8.61. The van der Waals surface area contributed by atoms with Gasteiger partial charge in [0.15, 0.2) is 5.60 Å². The summed E-state index contributed by atoms with van der Waals surface area (Å²) in [6.07, 6.45) is -4.28. The predicted octanol–water partition coefficient (Wildman–Crippen LogP) is 4.55. The van der Waals surface area contributed by atoms with Crippen molar-refractivity contribution < 1.29 is 23.0 Å². The van der Waals surface area contributed by atoms with Crippen molar-refractivity contribution in [3.63, 3.8) is 0 Å². The number of rotatable bonds is 4. The second kappa shape index (κ2) is 5.77. The Bertz CT molecular complexity index is 459. The van der Waals surface area contributed by atoms with Gasteiger partial charge in [-0.1, -0.05) is 30.1 Å². The topological polar surface area (TPSA) is 29.5 Å². The summed E-state index contributed by atoms with van der Waals surface area (Å²) < 4.78 is 43.9. The molecule has 0 saturated heterocycles. The molecule has 0 fully saturated rings. The van der Waals surface area contributed by atoms with Crippen LogP contribution in [0.1, 0.15) is 25.8 Å². The standard InChI is InChI=1S/C12H13Cl2F3O2/c1-3-4-19-10-8(5-7(13)6-9(10)14)11(2,18)12(15,16)17/h5-6,18H,3-4H2,1-2H3. The van der Waals surface area contributed by atoms with Gasteiger partial charge in [0.05, 0.1) is 11.6 Å². The minimum atomic E-state index is -4.87. The third-order valence-electron chi connectivity index (χ3n) is 2.54. The Kier molecular flexibility index (Phi) is 4.98. The monoisotopic (exact) mass is 316 g/mol. The molecule has 0 radical (unpaired) electrons. The summed E-state index contributed by atoms with van der Waals surface area (Å²) in [5.74, 6) is -0.199. The molecule has 0 aliphatic carbocycles. The second-order valence-corrected chi connectivity index (χ2v) is 5.03. The number of halogens is 5. The summed E-state index contributed by atoms with van der Waals surface area (Å²) in [7, 11) is 0. The number of benzene rings is 1. The second-order valence-electron chi connectivity index (χ2n) is 4.18. The average Bonchev–Trinajstić information content (AvgIpc) is 2.25. The maximum atomic E-state index is 12.9. The van der Waals surface area contributed by atoms with Crippen LogP contribution in [0.2, 0.25) is 10.0 Å². The van der Waals surface area contributed by atoms with E-state index in [-0.39, 0.29) is 22.4 Å². The highest BCUT2D eigenvalue weighted by atomic mass is 35.5. The van der Waals surface area contributed by atoms with Crippen molar-refractivity contribution in [1.29, 1.82) is 0 Å². The van der Waals surface area contributed by atoms with Crippen molar-refractivity contribution in [3.8, 4) is 5.75 Å². The van der Waals surface area contributed by atoms with E-state index in [0.29, 0.717) is 13.3 Å². The molecule has 0 aromatic heterocycles. The van der Waals surface area contributed by atoms with Gasteiger partial charge < -0.3 is 9.84 Å². The lowest BCUT2D eigenvalue weighted by Gasteiger charge is -2.29. The van der Waals surface area contributed by atoms with Crippen molar-refractivity contribution >= 4 is 23.2 Å². The van der Waals surface area contributed by atoms with E-state index in [1.807, 2.05) is 0 Å². The van der Waals surface area contributed by atoms with Crippen LogP contribution in [-0.2, 0) is 5.60 Å². The molecule has 1 rings (SSSR count). The number of hydrogen-bond donors (Lipinski definition) is 1. The van der Waals surface area contributed by atoms with Crippen LogP contribution in [0.15, 0.2) is 12.1 Å². The van der Waals surface area contributed by atoms with Gasteiger partial charge in [-0.15, -0.1) is 0 Å². The van der Waals surface area contributed by atoms with Gasteiger partial charge in [0.2, 0.25) is 0 Å². The molecule has 108 valence electrons. The molecule has 0 amide bonds. The SMILES string of the molecule is CCCOc1c(Cl)cc(Cl)cc1C(C)(O)C(F)(F)F. The highest BCUT2D eigenvalue weighted by molar-refractivity contribution is 6.35. The van der Waals surface area contributed by atoms with Gasteiger partial charge in [0, 0.05) is 10.6 Å². The zero-order valence-corrected chi connectivity index (χ0v) is 11.8. The molecule has 19 heavy (non-hydrogen) atoms. The average molecular weight is 317 g/mol. The third kappa shape index (κ3) is 3.46. The number of aliphatic hydroxyl groups is 1. The van der Waals surface area contributed by atoms with E-state index in [1.165, 1.54) is 6.07 Å². The van der Waals surface area contributed by atoms with Crippen molar-refractivity contribution in [1.82, 2.24) is 0 Å². The lowest BCUT2D eigenvalue weighted by atomic mass is 9.94. The van der Waals surface area contributed by atoms with Gasteiger partial charge in [-0.2, -0.15) is 13.2 Å². The van der Waals surface area contributed by atoms with Gasteiger partial charge in [0.1, 0.15) is 5.75 Å². The highest BCUT2D eigenvalue weighted by Crippen LogP contribution is 2.45. The van der Waals surface area contributed by atoms with E-state index in [9.17, 15) is 18.3 Å². The maximum absolute atomic E-state index is 12.9. The summed E-state index contributed by atoms with van der Waals surface area (Å²) >= 11 is 11.5. The first kappa shape index (κ1) is 16.4. The molecular formula is C12H13Cl2F3O2. The lowest BCUT2D eigenvalue weighted by molar-refractivity contribution is -0.259. The summed E-state index contributed by atoms with van der Waals surface area (Å²) in [6, 6.07) is 2.27. The zero-order chi connectivity index (χ0) is 14.8. The summed E-state index contributed by atoms with van der Waals surface area (Å²) in [6.45, 7) is 2.61. The van der Waals surface area contributed by atoms with Crippen LogP contribution in [0, 0.1) is 0 Å². The van der Waals surface area contributed by atoms with Gasteiger partial charge in [-0.25, -0.2) is 0 Å². The Morgan fingerprint density at radius 2 is 1.84 bits per heavy atom. The largest absolute Gasteiger partial charge is 0.492 e. The molecule has 1 aromatic carbocycles. The molecule has 0 heterocycles. The molecule has 0 spiro atoms. The van der Waals surface area contributed by atoms with E-state index in [1.54, 1.807) is 6.92 Å². The van der Waals surface area contributed by atoms with Crippen LogP contribution in [0.3, 0.4) is 0 Å². The maximum Gasteiger partial charge on any atom is 0.421 e. The molecule has 1 unspecified atom stereocenters. The van der Waals surface area contributed by atoms with E-state index >= 15 is 0 Å². The molecule has 7 heteroatoms. The molecule has 1 N–H and O–H groups in total. The van der Waals surface area contributed by atoms with E-state index in [4.69, 9.17) is 27.9 Å². The lowest BCUT2D eigenvalue weighted by Crippen LogP contribution is -2.39. The minimum absolute atomic E-state index is 0.00614. The third-order valence-corrected chi connectivity index (χ3v) is 3.03. The van der Waals surface area contributed by atoms with Crippen LogP contribution in [0.4, 0.5) is 13.2 Å². The number of hydrogen-bond acceptors (Lipinski definition) is 2. The Morgan fingerprint density at radius 3 is 2.32 bits per heavy atom. The quantitative estimate of drug-likeness (QED) is 0.882. The van der Waals surface area contributed by atoms with Gasteiger partial charge in [-0.05, 0) is 25.5 Å². The number of ether oxygens (including phenoxy) is 1. The van der Waals surface area contributed by atoms with Crippen molar-refractivity contribution in [3.05, 3.63) is 27.7 Å². The Labute approximate surface area is 119 Å². The molecule has 1 aromatic rings. The highest BCUT2D eigenvalue weighted by Gasteiger charge is 2.53. The van der Waals surface area contributed by atoms with Gasteiger partial charge in [0.25, 0.3) is 0 Å². The van der Waals surface area contributed by atoms with E-state index in [2.05, 4.69) is 0 Å². The molecule has 0 aliphatic rings. The Hall–Kier alpha value is -0.650. The van der Waals surface area contributed by atoms with Crippen molar-refractivity contribution in [2.24, 2.45) is 0 Å². The minimum Gasteiger partial charge on any atom is -0.492 e. The van der Waals surface area contributed by atoms with Gasteiger partial charge in [-0.3, -0.25) is 0 Å². The molecule has 2 nitrogen and oxygen atoms in total. The predicted molar refractivity (Wildman–Crippen MR) is 67.9 cm³/mol. The fraction of sp³-hybridized carbons (Fsp3) is 0.500. The molecule has 0 saturated carbocycles. The van der Waals surface area contributed by atoms with Crippen molar-refractivity contribution in [2.45, 2.75) is 32.0 Å². The van der Waals surface area contributed by atoms with Gasteiger partial charge >= 0.3 is 6.18 Å².